The zero-order valence-electron chi connectivity index (χ0n) is 17.5. The number of nitrogens with zero attached hydrogens (tertiary/aromatic N) is 3. The van der Waals surface area contributed by atoms with E-state index in [0.29, 0.717) is 27.2 Å². The quantitative estimate of drug-likeness (QED) is 0.365. The highest BCUT2D eigenvalue weighted by atomic mass is 35.5. The molecule has 0 aliphatic carbocycles. The molecule has 0 unspecified atom stereocenters. The molecule has 1 N–H and O–H groups in total. The Balaban J connectivity index is 1.47. The summed E-state index contributed by atoms with van der Waals surface area (Å²) in [5.41, 5.74) is 1.84. The summed E-state index contributed by atoms with van der Waals surface area (Å²) in [6.07, 6.45) is 1.55. The van der Waals surface area contributed by atoms with Crippen LogP contribution in [0.15, 0.2) is 83.8 Å². The SMILES string of the molecule is O=C(OCc1nc2cc(Cl)ccc2c(=O)[nH]1)c1cn(-c2ccccc2)nc1-c1ccc(F)cc1. The second-order valence-corrected chi connectivity index (χ2v) is 7.87. The van der Waals surface area contributed by atoms with Crippen molar-refractivity contribution in [2.75, 3.05) is 0 Å². The first-order valence-electron chi connectivity index (χ1n) is 10.2. The van der Waals surface area contributed by atoms with Crippen LogP contribution in [0.2, 0.25) is 5.02 Å². The first kappa shape index (κ1) is 21.5. The van der Waals surface area contributed by atoms with E-state index in [0.717, 1.165) is 5.69 Å². The first-order chi connectivity index (χ1) is 16.5. The van der Waals surface area contributed by atoms with Crippen molar-refractivity contribution in [3.63, 3.8) is 0 Å². The number of benzene rings is 3. The van der Waals surface area contributed by atoms with Crippen LogP contribution in [0.25, 0.3) is 27.8 Å². The van der Waals surface area contributed by atoms with Crippen molar-refractivity contribution in [2.24, 2.45) is 0 Å². The lowest BCUT2D eigenvalue weighted by Gasteiger charge is -2.06. The van der Waals surface area contributed by atoms with Gasteiger partial charge >= 0.3 is 5.97 Å². The summed E-state index contributed by atoms with van der Waals surface area (Å²) in [7, 11) is 0. The third kappa shape index (κ3) is 4.31. The Morgan fingerprint density at radius 1 is 1.06 bits per heavy atom. The lowest BCUT2D eigenvalue weighted by atomic mass is 10.1. The van der Waals surface area contributed by atoms with Gasteiger partial charge in [0.25, 0.3) is 5.56 Å². The molecular formula is C25H16ClFN4O3. The molecule has 2 aromatic heterocycles. The van der Waals surface area contributed by atoms with Gasteiger partial charge in [-0.15, -0.1) is 0 Å². The molecular weight excluding hydrogens is 459 g/mol. The second kappa shape index (κ2) is 8.92. The van der Waals surface area contributed by atoms with Crippen LogP contribution in [0.5, 0.6) is 0 Å². The number of hydrogen-bond donors (Lipinski definition) is 1. The number of hydrogen-bond acceptors (Lipinski definition) is 5. The van der Waals surface area contributed by atoms with Crippen LogP contribution in [0.3, 0.4) is 0 Å². The molecule has 0 radical (unpaired) electrons. The topological polar surface area (TPSA) is 89.9 Å². The Morgan fingerprint density at radius 3 is 2.59 bits per heavy atom. The van der Waals surface area contributed by atoms with E-state index >= 15 is 0 Å². The number of H-pyrrole nitrogens is 1. The third-order valence-corrected chi connectivity index (χ3v) is 5.37. The predicted molar refractivity (Wildman–Crippen MR) is 125 cm³/mol. The number of fused-ring (bicyclic) bond motifs is 1. The number of aromatic amines is 1. The molecule has 5 rings (SSSR count). The molecule has 0 spiro atoms. The molecule has 0 fully saturated rings. The van der Waals surface area contributed by atoms with E-state index in [2.05, 4.69) is 15.1 Å². The largest absolute Gasteiger partial charge is 0.454 e. The highest BCUT2D eigenvalue weighted by Crippen LogP contribution is 2.25. The van der Waals surface area contributed by atoms with Crippen molar-refractivity contribution in [3.8, 4) is 16.9 Å². The van der Waals surface area contributed by atoms with Gasteiger partial charge in [0.05, 0.1) is 16.6 Å². The maximum absolute atomic E-state index is 13.4. The van der Waals surface area contributed by atoms with Gasteiger partial charge in [-0.2, -0.15) is 5.10 Å². The van der Waals surface area contributed by atoms with Crippen molar-refractivity contribution in [1.29, 1.82) is 0 Å². The summed E-state index contributed by atoms with van der Waals surface area (Å²) in [5, 5.41) is 5.34. The van der Waals surface area contributed by atoms with Gasteiger partial charge in [0.15, 0.2) is 0 Å². The lowest BCUT2D eigenvalue weighted by molar-refractivity contribution is 0.0463. The highest BCUT2D eigenvalue weighted by Gasteiger charge is 2.21. The fraction of sp³-hybridized carbons (Fsp3) is 0.0400. The molecule has 2 heterocycles. The molecule has 3 aromatic carbocycles. The standard InChI is InChI=1S/C25H16ClFN4O3/c26-16-8-11-19-21(12-16)28-22(29-24(19)32)14-34-25(33)20-13-31(18-4-2-1-3-5-18)30-23(20)15-6-9-17(27)10-7-15/h1-13H,14H2,(H,28,29,32). The zero-order valence-corrected chi connectivity index (χ0v) is 18.3. The van der Waals surface area contributed by atoms with Crippen LogP contribution in [0.1, 0.15) is 16.2 Å². The molecule has 0 bridgehead atoms. The van der Waals surface area contributed by atoms with Crippen molar-refractivity contribution in [2.45, 2.75) is 6.61 Å². The van der Waals surface area contributed by atoms with Gasteiger partial charge in [-0.1, -0.05) is 29.8 Å². The first-order valence-corrected chi connectivity index (χ1v) is 10.6. The fourth-order valence-electron chi connectivity index (χ4n) is 3.50. The lowest BCUT2D eigenvalue weighted by Crippen LogP contribution is -2.14. The monoisotopic (exact) mass is 474 g/mol. The van der Waals surface area contributed by atoms with Gasteiger partial charge < -0.3 is 9.72 Å². The van der Waals surface area contributed by atoms with Crippen LogP contribution < -0.4 is 5.56 Å². The van der Waals surface area contributed by atoms with E-state index < -0.39 is 11.8 Å². The number of halogens is 2. The van der Waals surface area contributed by atoms with Crippen LogP contribution >= 0.6 is 11.6 Å². The normalized spacial score (nSPS) is 11.0. The molecule has 5 aromatic rings. The molecule has 0 atom stereocenters. The number of nitrogens with one attached hydrogen (secondary N) is 1. The number of carbonyl (C=O) groups is 1. The van der Waals surface area contributed by atoms with E-state index in [4.69, 9.17) is 16.3 Å². The summed E-state index contributed by atoms with van der Waals surface area (Å²) in [4.78, 5) is 32.3. The van der Waals surface area contributed by atoms with Crippen molar-refractivity contribution in [3.05, 3.63) is 112 Å². The molecule has 0 saturated carbocycles. The summed E-state index contributed by atoms with van der Waals surface area (Å²) < 4.78 is 20.4. The molecule has 34 heavy (non-hydrogen) atoms. The van der Waals surface area contributed by atoms with Crippen LogP contribution in [-0.2, 0) is 11.3 Å². The summed E-state index contributed by atoms with van der Waals surface area (Å²) >= 11 is 6.00. The molecule has 7 nitrogen and oxygen atoms in total. The maximum Gasteiger partial charge on any atom is 0.342 e. The minimum absolute atomic E-state index is 0.173. The van der Waals surface area contributed by atoms with E-state index in [1.54, 1.807) is 29.1 Å². The molecule has 9 heteroatoms. The average molecular weight is 475 g/mol. The molecule has 0 aliphatic rings. The highest BCUT2D eigenvalue weighted by molar-refractivity contribution is 6.31. The van der Waals surface area contributed by atoms with Crippen molar-refractivity contribution < 1.29 is 13.9 Å². The molecule has 0 amide bonds. The summed E-state index contributed by atoms with van der Waals surface area (Å²) in [5.74, 6) is -0.899. The Bertz CT molecular complexity index is 1560. The van der Waals surface area contributed by atoms with Crippen molar-refractivity contribution in [1.82, 2.24) is 19.7 Å². The van der Waals surface area contributed by atoms with E-state index in [-0.39, 0.29) is 23.6 Å². The van der Waals surface area contributed by atoms with Crippen LogP contribution in [0.4, 0.5) is 4.39 Å². The zero-order chi connectivity index (χ0) is 23.7. The van der Waals surface area contributed by atoms with Gasteiger partial charge in [0.2, 0.25) is 0 Å². The molecule has 0 saturated heterocycles. The van der Waals surface area contributed by atoms with Gasteiger partial charge in [0, 0.05) is 16.8 Å². The fourth-order valence-corrected chi connectivity index (χ4v) is 3.66. The predicted octanol–water partition coefficient (Wildman–Crippen LogP) is 4.93. The Kier molecular flexibility index (Phi) is 5.65. The Morgan fingerprint density at radius 2 is 1.82 bits per heavy atom. The molecule has 0 aliphatic heterocycles. The number of para-hydroxylation sites is 1. The second-order valence-electron chi connectivity index (χ2n) is 7.43. The van der Waals surface area contributed by atoms with Crippen LogP contribution in [-0.4, -0.2) is 25.7 Å². The minimum Gasteiger partial charge on any atom is -0.454 e. The third-order valence-electron chi connectivity index (χ3n) is 5.13. The van der Waals surface area contributed by atoms with Crippen LogP contribution in [0, 0.1) is 5.82 Å². The van der Waals surface area contributed by atoms with Gasteiger partial charge in [-0.05, 0) is 54.6 Å². The summed E-state index contributed by atoms with van der Waals surface area (Å²) in [6.45, 7) is -0.268. The van der Waals surface area contributed by atoms with E-state index in [1.165, 1.54) is 24.3 Å². The maximum atomic E-state index is 13.4. The number of esters is 1. The van der Waals surface area contributed by atoms with Gasteiger partial charge in [-0.25, -0.2) is 18.9 Å². The smallest absolute Gasteiger partial charge is 0.342 e. The number of ether oxygens (including phenoxy) is 1. The van der Waals surface area contributed by atoms with Gasteiger partial charge in [-0.3, -0.25) is 4.79 Å². The van der Waals surface area contributed by atoms with E-state index in [1.807, 2.05) is 30.3 Å². The minimum atomic E-state index is -0.671. The number of carbonyl (C=O) groups excluding carboxylic acids is 1. The van der Waals surface area contributed by atoms with E-state index in [9.17, 15) is 14.0 Å². The van der Waals surface area contributed by atoms with Gasteiger partial charge in [0.1, 0.15) is 29.5 Å². The number of aromatic nitrogens is 4. The molecule has 168 valence electrons. The Labute approximate surface area is 197 Å². The van der Waals surface area contributed by atoms with Crippen molar-refractivity contribution >= 4 is 28.5 Å². The number of rotatable bonds is 5. The summed E-state index contributed by atoms with van der Waals surface area (Å²) in [6, 6.07) is 19.6. The Hall–Kier alpha value is -4.30. The average Bonchev–Trinajstić information content (AvgIpc) is 3.29.